The van der Waals surface area contributed by atoms with Crippen molar-refractivity contribution in [2.75, 3.05) is 6.54 Å². The predicted molar refractivity (Wildman–Crippen MR) is 73.2 cm³/mol. The highest BCUT2D eigenvalue weighted by molar-refractivity contribution is 5.82. The number of benzene rings is 1. The molecule has 2 aliphatic heterocycles. The fraction of sp³-hybridized carbons (Fsp3) is 0.533. The van der Waals surface area contributed by atoms with Crippen LogP contribution in [0.1, 0.15) is 25.3 Å². The maximum absolute atomic E-state index is 12.2. The number of hydrogen-bond donors (Lipinski definition) is 2. The van der Waals surface area contributed by atoms with Crippen LogP contribution in [0.5, 0.6) is 5.75 Å². The molecule has 2 aliphatic rings. The van der Waals surface area contributed by atoms with E-state index in [0.717, 1.165) is 30.7 Å². The standard InChI is InChI=1S/C15H20N2O2/c1-10-8-12(6-7-16-10)17-15(18)14-9-11-4-2-3-5-13(11)19-14/h2-5,10,12,14,16H,6-9H2,1H3,(H,17,18). The van der Waals surface area contributed by atoms with Gasteiger partial charge in [0, 0.05) is 18.5 Å². The predicted octanol–water partition coefficient (Wildman–Crippen LogP) is 1.25. The third-order valence-electron chi connectivity index (χ3n) is 3.91. The number of carbonyl (C=O) groups is 1. The number of amides is 1. The van der Waals surface area contributed by atoms with Crippen molar-refractivity contribution in [3.05, 3.63) is 29.8 Å². The van der Waals surface area contributed by atoms with Crippen molar-refractivity contribution in [2.45, 2.75) is 44.4 Å². The van der Waals surface area contributed by atoms with E-state index in [0.29, 0.717) is 12.5 Å². The van der Waals surface area contributed by atoms with Gasteiger partial charge in [0.1, 0.15) is 5.75 Å². The van der Waals surface area contributed by atoms with Gasteiger partial charge in [-0.25, -0.2) is 0 Å². The third kappa shape index (κ3) is 2.73. The van der Waals surface area contributed by atoms with E-state index in [9.17, 15) is 4.79 Å². The quantitative estimate of drug-likeness (QED) is 0.841. The Bertz CT molecular complexity index is 450. The monoisotopic (exact) mass is 260 g/mol. The molecule has 2 heterocycles. The van der Waals surface area contributed by atoms with Crippen LogP contribution in [0.2, 0.25) is 0 Å². The molecule has 1 fully saturated rings. The molecule has 1 aromatic carbocycles. The summed E-state index contributed by atoms with van der Waals surface area (Å²) in [5.41, 5.74) is 1.13. The van der Waals surface area contributed by atoms with E-state index in [-0.39, 0.29) is 18.1 Å². The molecule has 0 aromatic heterocycles. The minimum atomic E-state index is -0.359. The van der Waals surface area contributed by atoms with E-state index in [4.69, 9.17) is 4.74 Å². The summed E-state index contributed by atoms with van der Waals surface area (Å²) in [4.78, 5) is 12.2. The van der Waals surface area contributed by atoms with Crippen molar-refractivity contribution in [3.8, 4) is 5.75 Å². The Morgan fingerprint density at radius 2 is 2.26 bits per heavy atom. The average Bonchev–Trinajstić information content (AvgIpc) is 2.82. The van der Waals surface area contributed by atoms with Crippen molar-refractivity contribution in [1.82, 2.24) is 10.6 Å². The lowest BCUT2D eigenvalue weighted by atomic mass is 10.00. The first-order chi connectivity index (χ1) is 9.22. The van der Waals surface area contributed by atoms with E-state index < -0.39 is 0 Å². The fourth-order valence-electron chi connectivity index (χ4n) is 2.89. The molecule has 1 amide bonds. The smallest absolute Gasteiger partial charge is 0.261 e. The van der Waals surface area contributed by atoms with Gasteiger partial charge in [0.05, 0.1) is 0 Å². The van der Waals surface area contributed by atoms with E-state index in [1.165, 1.54) is 0 Å². The highest BCUT2D eigenvalue weighted by Crippen LogP contribution is 2.28. The molecule has 3 atom stereocenters. The lowest BCUT2D eigenvalue weighted by molar-refractivity contribution is -0.128. The molecule has 0 aliphatic carbocycles. The molecule has 2 N–H and O–H groups in total. The van der Waals surface area contributed by atoms with Gasteiger partial charge in [-0.1, -0.05) is 18.2 Å². The van der Waals surface area contributed by atoms with E-state index >= 15 is 0 Å². The first-order valence-corrected chi connectivity index (χ1v) is 7.00. The van der Waals surface area contributed by atoms with Crippen LogP contribution in [0.4, 0.5) is 0 Å². The van der Waals surface area contributed by atoms with Crippen molar-refractivity contribution in [2.24, 2.45) is 0 Å². The van der Waals surface area contributed by atoms with Crippen LogP contribution in [0.3, 0.4) is 0 Å². The molecule has 3 unspecified atom stereocenters. The Labute approximate surface area is 113 Å². The topological polar surface area (TPSA) is 50.4 Å². The zero-order valence-corrected chi connectivity index (χ0v) is 11.2. The Morgan fingerprint density at radius 3 is 3.05 bits per heavy atom. The van der Waals surface area contributed by atoms with Crippen LogP contribution in [0.25, 0.3) is 0 Å². The number of piperidine rings is 1. The Kier molecular flexibility index (Phi) is 3.42. The molecule has 4 nitrogen and oxygen atoms in total. The number of carbonyl (C=O) groups excluding carboxylic acids is 1. The van der Waals surface area contributed by atoms with Gasteiger partial charge >= 0.3 is 0 Å². The second kappa shape index (κ2) is 5.21. The van der Waals surface area contributed by atoms with Gasteiger partial charge in [0.15, 0.2) is 6.10 Å². The maximum Gasteiger partial charge on any atom is 0.261 e. The Morgan fingerprint density at radius 1 is 1.42 bits per heavy atom. The lowest BCUT2D eigenvalue weighted by Crippen LogP contribution is -2.49. The van der Waals surface area contributed by atoms with Crippen LogP contribution in [0.15, 0.2) is 24.3 Å². The molecular formula is C15H20N2O2. The van der Waals surface area contributed by atoms with Crippen LogP contribution >= 0.6 is 0 Å². The Hall–Kier alpha value is -1.55. The second-order valence-electron chi connectivity index (χ2n) is 5.50. The number of rotatable bonds is 2. The van der Waals surface area contributed by atoms with Crippen molar-refractivity contribution >= 4 is 5.91 Å². The molecule has 0 saturated carbocycles. The lowest BCUT2D eigenvalue weighted by Gasteiger charge is -2.29. The highest BCUT2D eigenvalue weighted by atomic mass is 16.5. The molecule has 0 bridgehead atoms. The molecule has 1 aromatic rings. The van der Waals surface area contributed by atoms with E-state index in [1.807, 2.05) is 24.3 Å². The van der Waals surface area contributed by atoms with Crippen LogP contribution < -0.4 is 15.4 Å². The summed E-state index contributed by atoms with van der Waals surface area (Å²) in [7, 11) is 0. The zero-order valence-electron chi connectivity index (χ0n) is 11.2. The van der Waals surface area contributed by atoms with Gasteiger partial charge in [0.2, 0.25) is 0 Å². The summed E-state index contributed by atoms with van der Waals surface area (Å²) in [6.07, 6.45) is 2.31. The van der Waals surface area contributed by atoms with Gasteiger partial charge in [0.25, 0.3) is 5.91 Å². The summed E-state index contributed by atoms with van der Waals surface area (Å²) in [5, 5.41) is 6.51. The van der Waals surface area contributed by atoms with Gasteiger partial charge in [-0.15, -0.1) is 0 Å². The van der Waals surface area contributed by atoms with Gasteiger partial charge < -0.3 is 15.4 Å². The highest BCUT2D eigenvalue weighted by Gasteiger charge is 2.30. The van der Waals surface area contributed by atoms with Crippen molar-refractivity contribution in [1.29, 1.82) is 0 Å². The SMILES string of the molecule is CC1CC(NC(=O)C2Cc3ccccc3O2)CCN1. The summed E-state index contributed by atoms with van der Waals surface area (Å²) in [6, 6.07) is 8.62. The van der Waals surface area contributed by atoms with Gasteiger partial charge in [-0.05, 0) is 37.9 Å². The zero-order chi connectivity index (χ0) is 13.2. The van der Waals surface area contributed by atoms with Gasteiger partial charge in [-0.3, -0.25) is 4.79 Å². The molecule has 3 rings (SSSR count). The average molecular weight is 260 g/mol. The van der Waals surface area contributed by atoms with Crippen molar-refractivity contribution in [3.63, 3.8) is 0 Å². The normalized spacial score (nSPS) is 29.4. The summed E-state index contributed by atoms with van der Waals surface area (Å²) < 4.78 is 5.71. The Balaban J connectivity index is 1.58. The second-order valence-corrected chi connectivity index (χ2v) is 5.50. The molecule has 1 saturated heterocycles. The number of nitrogens with one attached hydrogen (secondary N) is 2. The number of fused-ring (bicyclic) bond motifs is 1. The number of hydrogen-bond acceptors (Lipinski definition) is 3. The molecule has 4 heteroatoms. The first-order valence-electron chi connectivity index (χ1n) is 7.00. The summed E-state index contributed by atoms with van der Waals surface area (Å²) in [5.74, 6) is 0.872. The largest absolute Gasteiger partial charge is 0.480 e. The fourth-order valence-corrected chi connectivity index (χ4v) is 2.89. The van der Waals surface area contributed by atoms with Crippen LogP contribution in [0, 0.1) is 0 Å². The minimum absolute atomic E-state index is 0.0234. The van der Waals surface area contributed by atoms with E-state index in [1.54, 1.807) is 0 Å². The van der Waals surface area contributed by atoms with E-state index in [2.05, 4.69) is 17.6 Å². The summed E-state index contributed by atoms with van der Waals surface area (Å²) >= 11 is 0. The molecule has 102 valence electrons. The summed E-state index contributed by atoms with van der Waals surface area (Å²) in [6.45, 7) is 3.12. The van der Waals surface area contributed by atoms with Crippen LogP contribution in [-0.4, -0.2) is 30.6 Å². The van der Waals surface area contributed by atoms with Crippen molar-refractivity contribution < 1.29 is 9.53 Å². The molecule has 0 spiro atoms. The number of ether oxygens (including phenoxy) is 1. The molecule has 19 heavy (non-hydrogen) atoms. The van der Waals surface area contributed by atoms with Gasteiger partial charge in [-0.2, -0.15) is 0 Å². The molecule has 0 radical (unpaired) electrons. The maximum atomic E-state index is 12.2. The third-order valence-corrected chi connectivity index (χ3v) is 3.91. The molecular weight excluding hydrogens is 240 g/mol. The number of para-hydroxylation sites is 1. The first kappa shape index (κ1) is 12.5. The van der Waals surface area contributed by atoms with Crippen LogP contribution in [-0.2, 0) is 11.2 Å². The minimum Gasteiger partial charge on any atom is -0.480 e.